The van der Waals surface area contributed by atoms with E-state index in [2.05, 4.69) is 27.9 Å². The number of aromatic nitrogens is 2. The lowest BCUT2D eigenvalue weighted by Crippen LogP contribution is -2.34. The minimum absolute atomic E-state index is 0.301. The third kappa shape index (κ3) is 3.04. The maximum Gasteiger partial charge on any atom is 0.337 e. The van der Waals surface area contributed by atoms with Crippen LogP contribution in [0.1, 0.15) is 46.3 Å². The van der Waals surface area contributed by atoms with Crippen LogP contribution in [0.4, 0.5) is 5.95 Å². The normalized spacial score (nSPS) is 16.8. The number of carbonyl (C=O) groups excluding carboxylic acids is 1. The summed E-state index contributed by atoms with van der Waals surface area (Å²) >= 11 is 0. The molecule has 0 radical (unpaired) electrons. The van der Waals surface area contributed by atoms with Gasteiger partial charge in [0, 0.05) is 31.4 Å². The first-order chi connectivity index (χ1) is 11.1. The second-order valence-electron chi connectivity index (χ2n) is 5.95. The van der Waals surface area contributed by atoms with Gasteiger partial charge >= 0.3 is 5.97 Å². The molecule has 1 unspecified atom stereocenters. The molecule has 2 heterocycles. The molecule has 0 N–H and O–H groups in total. The quantitative estimate of drug-likeness (QED) is 0.815. The van der Waals surface area contributed by atoms with Crippen molar-refractivity contribution in [2.24, 2.45) is 0 Å². The number of esters is 1. The lowest BCUT2D eigenvalue weighted by molar-refractivity contribution is 0.0600. The molecule has 0 fully saturated rings. The molecule has 0 amide bonds. The van der Waals surface area contributed by atoms with Crippen molar-refractivity contribution in [3.8, 4) is 0 Å². The Labute approximate surface area is 136 Å². The van der Waals surface area contributed by atoms with Crippen molar-refractivity contribution in [1.82, 2.24) is 9.97 Å². The number of nitrogens with zero attached hydrogens (tertiary/aromatic N) is 3. The molecule has 1 aromatic heterocycles. The lowest BCUT2D eigenvalue weighted by Gasteiger charge is -2.34. The van der Waals surface area contributed by atoms with Crippen molar-refractivity contribution < 1.29 is 9.53 Å². The zero-order chi connectivity index (χ0) is 16.4. The van der Waals surface area contributed by atoms with Crippen molar-refractivity contribution in [3.05, 3.63) is 52.8 Å². The standard InChI is InChI=1S/C18H21N3O2/c1-4-13-10-21(18-19-8-12(2)9-20-18)11-15-7-14(17(22)23-3)5-6-16(13)15/h5-9,13H,4,10-11H2,1-3H3. The second-order valence-corrected chi connectivity index (χ2v) is 5.95. The molecule has 1 aliphatic rings. The first-order valence-electron chi connectivity index (χ1n) is 7.87. The van der Waals surface area contributed by atoms with Gasteiger partial charge in [-0.2, -0.15) is 0 Å². The summed E-state index contributed by atoms with van der Waals surface area (Å²) in [5.41, 5.74) is 4.10. The largest absolute Gasteiger partial charge is 0.465 e. The molecular weight excluding hydrogens is 290 g/mol. The smallest absolute Gasteiger partial charge is 0.337 e. The highest BCUT2D eigenvalue weighted by Gasteiger charge is 2.26. The first kappa shape index (κ1) is 15.5. The molecule has 23 heavy (non-hydrogen) atoms. The maximum atomic E-state index is 11.8. The zero-order valence-corrected chi connectivity index (χ0v) is 13.7. The van der Waals surface area contributed by atoms with Crippen LogP contribution in [-0.4, -0.2) is 29.6 Å². The van der Waals surface area contributed by atoms with Gasteiger partial charge in [0.1, 0.15) is 0 Å². The van der Waals surface area contributed by atoms with Gasteiger partial charge in [-0.05, 0) is 42.2 Å². The fourth-order valence-corrected chi connectivity index (χ4v) is 3.07. The van der Waals surface area contributed by atoms with Gasteiger partial charge in [0.15, 0.2) is 0 Å². The molecule has 1 aromatic carbocycles. The van der Waals surface area contributed by atoms with E-state index in [1.165, 1.54) is 12.7 Å². The molecule has 0 bridgehead atoms. The Morgan fingerprint density at radius 3 is 2.74 bits per heavy atom. The monoisotopic (exact) mass is 311 g/mol. The molecule has 5 nitrogen and oxygen atoms in total. The lowest BCUT2D eigenvalue weighted by atomic mass is 9.87. The van der Waals surface area contributed by atoms with E-state index in [4.69, 9.17) is 4.74 Å². The van der Waals surface area contributed by atoms with Gasteiger partial charge in [0.25, 0.3) is 0 Å². The number of fused-ring (bicyclic) bond motifs is 1. The molecule has 3 rings (SSSR count). The number of hydrogen-bond donors (Lipinski definition) is 0. The number of hydrogen-bond acceptors (Lipinski definition) is 5. The maximum absolute atomic E-state index is 11.8. The van der Waals surface area contributed by atoms with E-state index >= 15 is 0 Å². The molecule has 5 heteroatoms. The number of benzene rings is 1. The van der Waals surface area contributed by atoms with E-state index in [0.29, 0.717) is 18.0 Å². The number of aryl methyl sites for hydroxylation is 1. The number of rotatable bonds is 3. The van der Waals surface area contributed by atoms with Crippen LogP contribution in [0.5, 0.6) is 0 Å². The molecule has 1 atom stereocenters. The van der Waals surface area contributed by atoms with Crippen molar-refractivity contribution >= 4 is 11.9 Å². The summed E-state index contributed by atoms with van der Waals surface area (Å²) in [5, 5.41) is 0. The van der Waals surface area contributed by atoms with E-state index in [-0.39, 0.29) is 5.97 Å². The summed E-state index contributed by atoms with van der Waals surface area (Å²) < 4.78 is 4.83. The molecule has 2 aromatic rings. The van der Waals surface area contributed by atoms with E-state index in [9.17, 15) is 4.79 Å². The summed E-state index contributed by atoms with van der Waals surface area (Å²) in [5.74, 6) is 0.850. The van der Waals surface area contributed by atoms with Crippen molar-refractivity contribution in [1.29, 1.82) is 0 Å². The van der Waals surface area contributed by atoms with Crippen LogP contribution in [0.2, 0.25) is 0 Å². The van der Waals surface area contributed by atoms with Crippen molar-refractivity contribution in [3.63, 3.8) is 0 Å². The van der Waals surface area contributed by atoms with Crippen LogP contribution in [0.15, 0.2) is 30.6 Å². The number of methoxy groups -OCH3 is 1. The van der Waals surface area contributed by atoms with E-state index in [1.54, 1.807) is 0 Å². The molecule has 1 aliphatic heterocycles. The highest BCUT2D eigenvalue weighted by Crippen LogP contribution is 2.32. The minimum atomic E-state index is -0.301. The van der Waals surface area contributed by atoms with Crippen LogP contribution in [0, 0.1) is 6.92 Å². The van der Waals surface area contributed by atoms with Crippen LogP contribution >= 0.6 is 0 Å². The zero-order valence-electron chi connectivity index (χ0n) is 13.7. The summed E-state index contributed by atoms with van der Waals surface area (Å²) in [6.45, 7) is 5.76. The summed E-state index contributed by atoms with van der Waals surface area (Å²) in [6, 6.07) is 5.85. The summed E-state index contributed by atoms with van der Waals surface area (Å²) in [6.07, 6.45) is 4.71. The fraction of sp³-hybridized carbons (Fsp3) is 0.389. The molecule has 120 valence electrons. The third-order valence-electron chi connectivity index (χ3n) is 4.35. The average molecular weight is 311 g/mol. The second kappa shape index (κ2) is 6.36. The van der Waals surface area contributed by atoms with Gasteiger partial charge in [-0.25, -0.2) is 14.8 Å². The Kier molecular flexibility index (Phi) is 4.28. The van der Waals surface area contributed by atoms with Crippen LogP contribution < -0.4 is 4.90 Å². The van der Waals surface area contributed by atoms with Gasteiger partial charge in [-0.15, -0.1) is 0 Å². The molecule has 0 aliphatic carbocycles. The van der Waals surface area contributed by atoms with Crippen LogP contribution in [0.25, 0.3) is 0 Å². The number of ether oxygens (including phenoxy) is 1. The Hall–Kier alpha value is -2.43. The van der Waals surface area contributed by atoms with E-state index in [1.807, 2.05) is 31.5 Å². The highest BCUT2D eigenvalue weighted by atomic mass is 16.5. The van der Waals surface area contributed by atoms with Crippen molar-refractivity contribution in [2.45, 2.75) is 32.7 Å². The minimum Gasteiger partial charge on any atom is -0.465 e. The molecule has 0 saturated heterocycles. The summed E-state index contributed by atoms with van der Waals surface area (Å²) in [7, 11) is 1.41. The highest BCUT2D eigenvalue weighted by molar-refractivity contribution is 5.89. The molecule has 0 spiro atoms. The summed E-state index contributed by atoms with van der Waals surface area (Å²) in [4.78, 5) is 22.8. The van der Waals surface area contributed by atoms with E-state index < -0.39 is 0 Å². The Bertz CT molecular complexity index is 713. The van der Waals surface area contributed by atoms with Crippen LogP contribution in [0.3, 0.4) is 0 Å². The van der Waals surface area contributed by atoms with Gasteiger partial charge in [-0.3, -0.25) is 0 Å². The average Bonchev–Trinajstić information content (AvgIpc) is 2.60. The van der Waals surface area contributed by atoms with Gasteiger partial charge < -0.3 is 9.64 Å². The topological polar surface area (TPSA) is 55.3 Å². The Morgan fingerprint density at radius 2 is 2.09 bits per heavy atom. The van der Waals surface area contributed by atoms with E-state index in [0.717, 1.165) is 30.0 Å². The van der Waals surface area contributed by atoms with Crippen LogP contribution in [-0.2, 0) is 11.3 Å². The Balaban J connectivity index is 1.95. The van der Waals surface area contributed by atoms with Gasteiger partial charge in [0.2, 0.25) is 5.95 Å². The first-order valence-corrected chi connectivity index (χ1v) is 7.87. The molecular formula is C18H21N3O2. The Morgan fingerprint density at radius 1 is 1.35 bits per heavy atom. The van der Waals surface area contributed by atoms with Gasteiger partial charge in [0.05, 0.1) is 12.7 Å². The third-order valence-corrected chi connectivity index (χ3v) is 4.35. The predicted octanol–water partition coefficient (Wildman–Crippen LogP) is 3.09. The number of carbonyl (C=O) groups is 1. The SMILES string of the molecule is CCC1CN(c2ncc(C)cn2)Cc2cc(C(=O)OC)ccc21. The van der Waals surface area contributed by atoms with Crippen molar-refractivity contribution in [2.75, 3.05) is 18.6 Å². The fourth-order valence-electron chi connectivity index (χ4n) is 3.07. The molecule has 0 saturated carbocycles. The predicted molar refractivity (Wildman–Crippen MR) is 88.6 cm³/mol. The van der Waals surface area contributed by atoms with Gasteiger partial charge in [-0.1, -0.05) is 13.0 Å². The number of anilines is 1.